The second-order valence-electron chi connectivity index (χ2n) is 4.55. The van der Waals surface area contributed by atoms with Gasteiger partial charge in [0.1, 0.15) is 0 Å². The summed E-state index contributed by atoms with van der Waals surface area (Å²) in [7, 11) is 0. The monoisotopic (exact) mass is 257 g/mol. The molecular weight excluding hydrogens is 238 g/mol. The van der Waals surface area contributed by atoms with E-state index in [1.807, 2.05) is 19.1 Å². The highest BCUT2D eigenvalue weighted by Gasteiger charge is 2.04. The molecule has 0 unspecified atom stereocenters. The second kappa shape index (κ2) is 6.18. The zero-order valence-electron chi connectivity index (χ0n) is 11.4. The summed E-state index contributed by atoms with van der Waals surface area (Å²) < 4.78 is 1.69. The van der Waals surface area contributed by atoms with E-state index in [0.29, 0.717) is 12.4 Å². The molecule has 0 spiro atoms. The Kier molecular flexibility index (Phi) is 4.34. The molecule has 0 aliphatic heterocycles. The fourth-order valence-corrected chi connectivity index (χ4v) is 1.97. The van der Waals surface area contributed by atoms with Gasteiger partial charge in [-0.3, -0.25) is 4.79 Å². The molecule has 0 saturated carbocycles. The van der Waals surface area contributed by atoms with Crippen LogP contribution in [0.3, 0.4) is 0 Å². The lowest BCUT2D eigenvalue weighted by Crippen LogP contribution is -2.24. The molecule has 0 aliphatic carbocycles. The summed E-state index contributed by atoms with van der Waals surface area (Å²) in [6.45, 7) is 5.45. The standard InChI is InChI=1S/C15H19N3O/c1-3-9-18-10-8-16-14(15(18)19)17-11-13-7-5-4-6-12(13)2/h4-8,10H,3,9,11H2,1-2H3,(H,16,17). The zero-order chi connectivity index (χ0) is 13.7. The predicted octanol–water partition coefficient (Wildman–Crippen LogP) is 2.57. The van der Waals surface area contributed by atoms with Gasteiger partial charge < -0.3 is 9.88 Å². The summed E-state index contributed by atoms with van der Waals surface area (Å²) >= 11 is 0. The molecule has 2 aromatic rings. The summed E-state index contributed by atoms with van der Waals surface area (Å²) in [6.07, 6.45) is 4.32. The third-order valence-electron chi connectivity index (χ3n) is 3.09. The summed E-state index contributed by atoms with van der Waals surface area (Å²) in [4.78, 5) is 16.2. The Morgan fingerprint density at radius 2 is 2.11 bits per heavy atom. The number of anilines is 1. The van der Waals surface area contributed by atoms with Crippen molar-refractivity contribution in [3.63, 3.8) is 0 Å². The van der Waals surface area contributed by atoms with Crippen LogP contribution in [0, 0.1) is 6.92 Å². The number of nitrogens with zero attached hydrogens (tertiary/aromatic N) is 2. The van der Waals surface area contributed by atoms with E-state index >= 15 is 0 Å². The van der Waals surface area contributed by atoms with Gasteiger partial charge in [-0.1, -0.05) is 31.2 Å². The Balaban J connectivity index is 2.14. The Morgan fingerprint density at radius 3 is 2.84 bits per heavy atom. The quantitative estimate of drug-likeness (QED) is 0.895. The molecule has 19 heavy (non-hydrogen) atoms. The first kappa shape index (κ1) is 13.3. The molecule has 4 heteroatoms. The van der Waals surface area contributed by atoms with Crippen molar-refractivity contribution in [2.24, 2.45) is 0 Å². The van der Waals surface area contributed by atoms with Crippen LogP contribution in [0.4, 0.5) is 5.82 Å². The Hall–Kier alpha value is -2.10. The SMILES string of the molecule is CCCn1ccnc(NCc2ccccc2C)c1=O. The van der Waals surface area contributed by atoms with Gasteiger partial charge in [0, 0.05) is 25.5 Å². The van der Waals surface area contributed by atoms with Gasteiger partial charge in [0.2, 0.25) is 0 Å². The van der Waals surface area contributed by atoms with Gasteiger partial charge >= 0.3 is 0 Å². The van der Waals surface area contributed by atoms with Crippen LogP contribution in [0.15, 0.2) is 41.5 Å². The number of benzene rings is 1. The summed E-state index contributed by atoms with van der Waals surface area (Å²) in [6, 6.07) is 8.12. The second-order valence-corrected chi connectivity index (χ2v) is 4.55. The molecule has 1 aromatic heterocycles. The van der Waals surface area contributed by atoms with Crippen LogP contribution in [0.2, 0.25) is 0 Å². The van der Waals surface area contributed by atoms with Crippen molar-refractivity contribution in [2.45, 2.75) is 33.4 Å². The van der Waals surface area contributed by atoms with Gasteiger partial charge in [-0.2, -0.15) is 0 Å². The maximum Gasteiger partial charge on any atom is 0.293 e. The molecule has 100 valence electrons. The van der Waals surface area contributed by atoms with E-state index in [1.165, 1.54) is 11.1 Å². The number of aromatic nitrogens is 2. The Labute approximate surface area is 113 Å². The van der Waals surface area contributed by atoms with E-state index in [2.05, 4.69) is 29.4 Å². The minimum Gasteiger partial charge on any atom is -0.361 e. The van der Waals surface area contributed by atoms with E-state index in [9.17, 15) is 4.79 Å². The lowest BCUT2D eigenvalue weighted by Gasteiger charge is -2.09. The van der Waals surface area contributed by atoms with Gasteiger partial charge in [0.05, 0.1) is 0 Å². The molecule has 1 aromatic carbocycles. The van der Waals surface area contributed by atoms with E-state index in [-0.39, 0.29) is 5.56 Å². The number of rotatable bonds is 5. The number of aryl methyl sites for hydroxylation is 2. The molecule has 0 fully saturated rings. The first-order valence-corrected chi connectivity index (χ1v) is 6.56. The lowest BCUT2D eigenvalue weighted by molar-refractivity contribution is 0.649. The van der Waals surface area contributed by atoms with Crippen LogP contribution in [-0.2, 0) is 13.1 Å². The smallest absolute Gasteiger partial charge is 0.293 e. The largest absolute Gasteiger partial charge is 0.361 e. The van der Waals surface area contributed by atoms with Crippen molar-refractivity contribution in [3.8, 4) is 0 Å². The highest BCUT2D eigenvalue weighted by Crippen LogP contribution is 2.08. The van der Waals surface area contributed by atoms with Gasteiger partial charge in [-0.05, 0) is 24.5 Å². The topological polar surface area (TPSA) is 46.9 Å². The highest BCUT2D eigenvalue weighted by atomic mass is 16.1. The lowest BCUT2D eigenvalue weighted by atomic mass is 10.1. The third-order valence-corrected chi connectivity index (χ3v) is 3.09. The van der Waals surface area contributed by atoms with Crippen molar-refractivity contribution in [3.05, 3.63) is 58.1 Å². The average molecular weight is 257 g/mol. The molecule has 1 heterocycles. The normalized spacial score (nSPS) is 10.4. The fourth-order valence-electron chi connectivity index (χ4n) is 1.97. The Morgan fingerprint density at radius 1 is 1.32 bits per heavy atom. The molecule has 2 rings (SSSR count). The Bertz CT molecular complexity index is 604. The van der Waals surface area contributed by atoms with Crippen molar-refractivity contribution < 1.29 is 0 Å². The van der Waals surface area contributed by atoms with E-state index in [4.69, 9.17) is 0 Å². The number of hydrogen-bond donors (Lipinski definition) is 1. The predicted molar refractivity (Wildman–Crippen MR) is 77.3 cm³/mol. The minimum absolute atomic E-state index is 0.0575. The molecular formula is C15H19N3O. The summed E-state index contributed by atoms with van der Waals surface area (Å²) in [5.41, 5.74) is 2.33. The van der Waals surface area contributed by atoms with Gasteiger partial charge in [0.25, 0.3) is 5.56 Å². The molecule has 0 saturated heterocycles. The molecule has 0 radical (unpaired) electrons. The highest BCUT2D eigenvalue weighted by molar-refractivity contribution is 5.35. The fraction of sp³-hybridized carbons (Fsp3) is 0.333. The third kappa shape index (κ3) is 3.22. The van der Waals surface area contributed by atoms with Gasteiger partial charge in [-0.25, -0.2) is 4.98 Å². The molecule has 0 atom stereocenters. The van der Waals surface area contributed by atoms with Crippen LogP contribution in [-0.4, -0.2) is 9.55 Å². The van der Waals surface area contributed by atoms with Crippen molar-refractivity contribution >= 4 is 5.82 Å². The zero-order valence-corrected chi connectivity index (χ0v) is 11.4. The van der Waals surface area contributed by atoms with Gasteiger partial charge in [-0.15, -0.1) is 0 Å². The molecule has 0 bridgehead atoms. The van der Waals surface area contributed by atoms with E-state index in [1.54, 1.807) is 17.0 Å². The van der Waals surface area contributed by atoms with Crippen LogP contribution in [0.5, 0.6) is 0 Å². The first-order valence-electron chi connectivity index (χ1n) is 6.56. The maximum absolute atomic E-state index is 12.1. The number of hydrogen-bond acceptors (Lipinski definition) is 3. The minimum atomic E-state index is -0.0575. The van der Waals surface area contributed by atoms with Crippen LogP contribution in [0.25, 0.3) is 0 Å². The summed E-state index contributed by atoms with van der Waals surface area (Å²) in [5.74, 6) is 0.416. The van der Waals surface area contributed by atoms with Gasteiger partial charge in [0.15, 0.2) is 5.82 Å². The molecule has 0 aliphatic rings. The van der Waals surface area contributed by atoms with E-state index < -0.39 is 0 Å². The molecule has 1 N–H and O–H groups in total. The maximum atomic E-state index is 12.1. The number of nitrogens with one attached hydrogen (secondary N) is 1. The average Bonchev–Trinajstić information content (AvgIpc) is 2.42. The molecule has 4 nitrogen and oxygen atoms in total. The first-order chi connectivity index (χ1) is 9.22. The van der Waals surface area contributed by atoms with Crippen molar-refractivity contribution in [1.29, 1.82) is 0 Å². The van der Waals surface area contributed by atoms with E-state index in [0.717, 1.165) is 13.0 Å². The van der Waals surface area contributed by atoms with Crippen molar-refractivity contribution in [2.75, 3.05) is 5.32 Å². The van der Waals surface area contributed by atoms with Crippen LogP contribution >= 0.6 is 0 Å². The molecule has 0 amide bonds. The van der Waals surface area contributed by atoms with Crippen LogP contribution in [0.1, 0.15) is 24.5 Å². The van der Waals surface area contributed by atoms with Crippen LogP contribution < -0.4 is 10.9 Å². The summed E-state index contributed by atoms with van der Waals surface area (Å²) in [5, 5.41) is 3.12. The van der Waals surface area contributed by atoms with Crippen molar-refractivity contribution in [1.82, 2.24) is 9.55 Å².